The minimum atomic E-state index is -0.181. The molecule has 0 radical (unpaired) electrons. The Morgan fingerprint density at radius 2 is 1.64 bits per heavy atom. The van der Waals surface area contributed by atoms with E-state index in [-0.39, 0.29) is 35.6 Å². The molecule has 0 N–H and O–H groups in total. The first-order valence-electron chi connectivity index (χ1n) is 9.45. The maximum atomic E-state index is 12.7. The number of esters is 1. The molecule has 0 amide bonds. The van der Waals surface area contributed by atoms with Gasteiger partial charge in [-0.2, -0.15) is 0 Å². The molecule has 22 heavy (non-hydrogen) atoms. The average Bonchev–Trinajstić information content (AvgIpc) is 3.13. The van der Waals surface area contributed by atoms with Crippen LogP contribution in [0.3, 0.4) is 0 Å². The first kappa shape index (κ1) is 19.5. The molecular weight excluding hydrogens is 276 g/mol. The summed E-state index contributed by atoms with van der Waals surface area (Å²) in [6, 6.07) is 0. The van der Waals surface area contributed by atoms with Gasteiger partial charge in [-0.05, 0) is 50.9 Å². The second kappa shape index (κ2) is 8.90. The van der Waals surface area contributed by atoms with E-state index in [1.54, 1.807) is 0 Å². The van der Waals surface area contributed by atoms with E-state index in [9.17, 15) is 4.79 Å². The highest BCUT2D eigenvalue weighted by molar-refractivity contribution is 5.74. The predicted molar refractivity (Wildman–Crippen MR) is 90.8 cm³/mol. The molecule has 1 saturated carbocycles. The number of carbonyl (C=O) groups excluding carboxylic acids is 1. The van der Waals surface area contributed by atoms with Gasteiger partial charge in [-0.15, -0.1) is 0 Å². The molecule has 2 fully saturated rings. The highest BCUT2D eigenvalue weighted by atomic mass is 16.6. The number of ether oxygens (including phenoxy) is 2. The third kappa shape index (κ3) is 4.04. The normalized spacial score (nSPS) is 33.2. The van der Waals surface area contributed by atoms with Crippen molar-refractivity contribution in [2.45, 2.75) is 104 Å². The SMILES string of the molecule is CC.CCC1OC(CC)C(C(=O)OC2(CC)CCCC2)C1C. The molecule has 0 bridgehead atoms. The van der Waals surface area contributed by atoms with Crippen LogP contribution in [0.1, 0.15) is 86.5 Å². The van der Waals surface area contributed by atoms with E-state index in [4.69, 9.17) is 9.47 Å². The minimum absolute atomic E-state index is 0.0101. The van der Waals surface area contributed by atoms with E-state index < -0.39 is 0 Å². The first-order chi connectivity index (χ1) is 10.6. The van der Waals surface area contributed by atoms with Crippen LogP contribution in [0, 0.1) is 11.8 Å². The van der Waals surface area contributed by atoms with Crippen molar-refractivity contribution in [3.8, 4) is 0 Å². The predicted octanol–water partition coefficient (Wildman–Crippen LogP) is 5.12. The monoisotopic (exact) mass is 312 g/mol. The minimum Gasteiger partial charge on any atom is -0.459 e. The van der Waals surface area contributed by atoms with Crippen molar-refractivity contribution in [3.63, 3.8) is 0 Å². The molecule has 4 unspecified atom stereocenters. The Hall–Kier alpha value is -0.570. The van der Waals surface area contributed by atoms with Crippen LogP contribution in [-0.2, 0) is 14.3 Å². The molecular formula is C19H36O3. The van der Waals surface area contributed by atoms with Crippen molar-refractivity contribution in [3.05, 3.63) is 0 Å². The van der Waals surface area contributed by atoms with Crippen LogP contribution in [0.15, 0.2) is 0 Å². The summed E-state index contributed by atoms with van der Waals surface area (Å²) in [6.45, 7) is 12.5. The molecule has 0 aromatic rings. The molecule has 1 saturated heterocycles. The van der Waals surface area contributed by atoms with Gasteiger partial charge in [-0.25, -0.2) is 0 Å². The molecule has 3 nitrogen and oxygen atoms in total. The zero-order valence-electron chi connectivity index (χ0n) is 15.5. The standard InChI is InChI=1S/C17H30O3.C2H6/c1-5-13-12(4)15(14(6-2)19-13)16(18)20-17(7-3)10-8-9-11-17;1-2/h12-15H,5-11H2,1-4H3;1-2H3. The second-order valence-corrected chi connectivity index (χ2v) is 6.58. The van der Waals surface area contributed by atoms with Crippen LogP contribution in [0.4, 0.5) is 0 Å². The first-order valence-corrected chi connectivity index (χ1v) is 9.45. The zero-order chi connectivity index (χ0) is 16.8. The lowest BCUT2D eigenvalue weighted by Gasteiger charge is -2.31. The van der Waals surface area contributed by atoms with Gasteiger partial charge in [0.2, 0.25) is 0 Å². The van der Waals surface area contributed by atoms with Crippen molar-refractivity contribution in [2.24, 2.45) is 11.8 Å². The van der Waals surface area contributed by atoms with Gasteiger partial charge in [-0.3, -0.25) is 4.79 Å². The van der Waals surface area contributed by atoms with Crippen LogP contribution in [0.2, 0.25) is 0 Å². The molecule has 1 aliphatic carbocycles. The molecule has 0 spiro atoms. The highest BCUT2D eigenvalue weighted by Crippen LogP contribution is 2.41. The summed E-state index contributed by atoms with van der Waals surface area (Å²) >= 11 is 0. The summed E-state index contributed by atoms with van der Waals surface area (Å²) in [4.78, 5) is 12.7. The smallest absolute Gasteiger partial charge is 0.312 e. The Labute approximate surface area is 137 Å². The van der Waals surface area contributed by atoms with Crippen LogP contribution >= 0.6 is 0 Å². The Morgan fingerprint density at radius 3 is 2.09 bits per heavy atom. The second-order valence-electron chi connectivity index (χ2n) is 6.58. The Bertz CT molecular complexity index is 332. The number of rotatable bonds is 5. The number of carbonyl (C=O) groups is 1. The molecule has 1 heterocycles. The fourth-order valence-corrected chi connectivity index (χ4v) is 4.02. The quantitative estimate of drug-likeness (QED) is 0.661. The van der Waals surface area contributed by atoms with Gasteiger partial charge in [0.25, 0.3) is 0 Å². The van der Waals surface area contributed by atoms with E-state index >= 15 is 0 Å². The van der Waals surface area contributed by atoms with Crippen LogP contribution < -0.4 is 0 Å². The van der Waals surface area contributed by atoms with Gasteiger partial charge < -0.3 is 9.47 Å². The van der Waals surface area contributed by atoms with E-state index in [0.29, 0.717) is 0 Å². The summed E-state index contributed by atoms with van der Waals surface area (Å²) in [7, 11) is 0. The average molecular weight is 312 g/mol. The molecule has 130 valence electrons. The van der Waals surface area contributed by atoms with Crippen molar-refractivity contribution < 1.29 is 14.3 Å². The lowest BCUT2D eigenvalue weighted by Crippen LogP contribution is -2.38. The highest BCUT2D eigenvalue weighted by Gasteiger charge is 2.47. The Kier molecular flexibility index (Phi) is 7.88. The van der Waals surface area contributed by atoms with Crippen LogP contribution in [0.25, 0.3) is 0 Å². The van der Waals surface area contributed by atoms with Gasteiger partial charge in [0, 0.05) is 0 Å². The molecule has 2 aliphatic rings. The molecule has 2 rings (SSSR count). The van der Waals surface area contributed by atoms with Crippen LogP contribution in [0.5, 0.6) is 0 Å². The lowest BCUT2D eigenvalue weighted by molar-refractivity contribution is -0.167. The largest absolute Gasteiger partial charge is 0.459 e. The number of hydrogen-bond donors (Lipinski definition) is 0. The third-order valence-corrected chi connectivity index (χ3v) is 5.46. The summed E-state index contributed by atoms with van der Waals surface area (Å²) < 4.78 is 12.0. The lowest BCUT2D eigenvalue weighted by atomic mass is 9.86. The van der Waals surface area contributed by atoms with Gasteiger partial charge in [0.05, 0.1) is 18.1 Å². The van der Waals surface area contributed by atoms with Crippen molar-refractivity contribution in [1.29, 1.82) is 0 Å². The van der Waals surface area contributed by atoms with E-state index in [0.717, 1.165) is 32.1 Å². The van der Waals surface area contributed by atoms with Crippen molar-refractivity contribution in [2.75, 3.05) is 0 Å². The van der Waals surface area contributed by atoms with Crippen LogP contribution in [-0.4, -0.2) is 23.8 Å². The molecule has 4 atom stereocenters. The molecule has 0 aromatic heterocycles. The van der Waals surface area contributed by atoms with E-state index in [1.807, 2.05) is 13.8 Å². The van der Waals surface area contributed by atoms with Gasteiger partial charge in [-0.1, -0.05) is 41.5 Å². The summed E-state index contributed by atoms with van der Waals surface area (Å²) in [5.74, 6) is 0.186. The summed E-state index contributed by atoms with van der Waals surface area (Å²) in [5.41, 5.74) is -0.181. The van der Waals surface area contributed by atoms with E-state index in [2.05, 4.69) is 27.7 Å². The fourth-order valence-electron chi connectivity index (χ4n) is 4.02. The summed E-state index contributed by atoms with van der Waals surface area (Å²) in [6.07, 6.45) is 7.49. The van der Waals surface area contributed by atoms with E-state index in [1.165, 1.54) is 12.8 Å². The molecule has 3 heteroatoms. The topological polar surface area (TPSA) is 35.5 Å². The zero-order valence-corrected chi connectivity index (χ0v) is 15.5. The maximum absolute atomic E-state index is 12.7. The summed E-state index contributed by atoms with van der Waals surface area (Å²) in [5, 5.41) is 0. The van der Waals surface area contributed by atoms with Gasteiger partial charge in [0.1, 0.15) is 5.60 Å². The molecule has 1 aliphatic heterocycles. The fraction of sp³-hybridized carbons (Fsp3) is 0.947. The van der Waals surface area contributed by atoms with Gasteiger partial charge in [0.15, 0.2) is 0 Å². The molecule has 0 aromatic carbocycles. The van der Waals surface area contributed by atoms with Crippen molar-refractivity contribution in [1.82, 2.24) is 0 Å². The Morgan fingerprint density at radius 1 is 1.09 bits per heavy atom. The third-order valence-electron chi connectivity index (χ3n) is 5.46. The Balaban J connectivity index is 0.00000116. The van der Waals surface area contributed by atoms with Crippen molar-refractivity contribution >= 4 is 5.97 Å². The number of hydrogen-bond acceptors (Lipinski definition) is 3. The maximum Gasteiger partial charge on any atom is 0.312 e. The van der Waals surface area contributed by atoms with Gasteiger partial charge >= 0.3 is 5.97 Å².